The van der Waals surface area contributed by atoms with Crippen molar-refractivity contribution in [2.24, 2.45) is 0 Å². The molecule has 3 N–H and O–H groups in total. The Labute approximate surface area is 247 Å². The first-order valence-electron chi connectivity index (χ1n) is 13.0. The number of nitrogens with one attached hydrogen (secondary N) is 3. The normalized spacial score (nSPS) is 14.2. The number of benzene rings is 1. The molecule has 1 fully saturated rings. The number of nitrogens with zero attached hydrogens (tertiary/aromatic N) is 3. The van der Waals surface area contributed by atoms with Crippen LogP contribution in [0.1, 0.15) is 42.4 Å². The van der Waals surface area contributed by atoms with Gasteiger partial charge in [-0.3, -0.25) is 19.7 Å². The van der Waals surface area contributed by atoms with Crippen molar-refractivity contribution in [2.75, 3.05) is 64.0 Å². The van der Waals surface area contributed by atoms with Crippen LogP contribution in [-0.2, 0) is 15.0 Å². The Hall–Kier alpha value is -3.29. The van der Waals surface area contributed by atoms with Crippen molar-refractivity contribution in [3.63, 3.8) is 0 Å². The van der Waals surface area contributed by atoms with Gasteiger partial charge in [-0.05, 0) is 37.7 Å². The lowest BCUT2D eigenvalue weighted by Crippen LogP contribution is -2.43. The SMILES string of the molecule is CN(C)CCNC(=O)CN1CCN(C(=O)c2cc(C(C)(C)C)sc2NC(=O)Nc2ccc(F)c(F)c2Cl)CCC1=O. The van der Waals surface area contributed by atoms with Crippen LogP contribution in [0.3, 0.4) is 0 Å². The number of urea groups is 1. The minimum Gasteiger partial charge on any atom is -0.353 e. The second-order valence-corrected chi connectivity index (χ2v) is 12.3. The molecule has 10 nitrogen and oxygen atoms in total. The smallest absolute Gasteiger partial charge is 0.324 e. The van der Waals surface area contributed by atoms with E-state index in [2.05, 4.69) is 16.0 Å². The summed E-state index contributed by atoms with van der Waals surface area (Å²) in [6.45, 7) is 7.44. The summed E-state index contributed by atoms with van der Waals surface area (Å²) in [6.07, 6.45) is 0.0465. The lowest BCUT2D eigenvalue weighted by molar-refractivity contribution is -0.135. The van der Waals surface area contributed by atoms with Crippen LogP contribution in [0, 0.1) is 11.6 Å². The van der Waals surface area contributed by atoms with E-state index in [9.17, 15) is 28.0 Å². The number of amides is 5. The fourth-order valence-electron chi connectivity index (χ4n) is 3.95. The van der Waals surface area contributed by atoms with Crippen LogP contribution in [0.5, 0.6) is 0 Å². The van der Waals surface area contributed by atoms with Crippen molar-refractivity contribution in [3.8, 4) is 0 Å². The summed E-state index contributed by atoms with van der Waals surface area (Å²) in [4.78, 5) is 57.2. The Balaban J connectivity index is 1.74. The van der Waals surface area contributed by atoms with Gasteiger partial charge < -0.3 is 25.3 Å². The van der Waals surface area contributed by atoms with Gasteiger partial charge >= 0.3 is 6.03 Å². The molecule has 224 valence electrons. The van der Waals surface area contributed by atoms with Crippen LogP contribution in [0.25, 0.3) is 0 Å². The van der Waals surface area contributed by atoms with E-state index in [1.807, 2.05) is 39.8 Å². The summed E-state index contributed by atoms with van der Waals surface area (Å²) in [6, 6.07) is 2.87. The van der Waals surface area contributed by atoms with Crippen LogP contribution in [0.2, 0.25) is 5.02 Å². The van der Waals surface area contributed by atoms with Gasteiger partial charge in [0.15, 0.2) is 11.6 Å². The van der Waals surface area contributed by atoms with Crippen LogP contribution in [0.4, 0.5) is 24.3 Å². The lowest BCUT2D eigenvalue weighted by atomic mass is 9.94. The maximum atomic E-state index is 13.8. The highest BCUT2D eigenvalue weighted by Gasteiger charge is 2.30. The Morgan fingerprint density at radius 2 is 1.80 bits per heavy atom. The van der Waals surface area contributed by atoms with Gasteiger partial charge in [-0.25, -0.2) is 13.6 Å². The maximum Gasteiger partial charge on any atom is 0.324 e. The van der Waals surface area contributed by atoms with E-state index in [4.69, 9.17) is 11.6 Å². The second kappa shape index (κ2) is 13.6. The van der Waals surface area contributed by atoms with Gasteiger partial charge in [0.05, 0.1) is 17.8 Å². The first-order valence-corrected chi connectivity index (χ1v) is 14.2. The zero-order valence-corrected chi connectivity index (χ0v) is 25.3. The second-order valence-electron chi connectivity index (χ2n) is 10.9. The molecule has 0 saturated carbocycles. The highest BCUT2D eigenvalue weighted by Crippen LogP contribution is 2.37. The average Bonchev–Trinajstić information content (AvgIpc) is 3.23. The first kappa shape index (κ1) is 32.2. The van der Waals surface area contributed by atoms with Crippen molar-refractivity contribution >= 4 is 57.4 Å². The third kappa shape index (κ3) is 8.60. The van der Waals surface area contributed by atoms with E-state index >= 15 is 0 Å². The monoisotopic (exact) mass is 612 g/mol. The van der Waals surface area contributed by atoms with E-state index in [0.717, 1.165) is 17.0 Å². The first-order chi connectivity index (χ1) is 19.2. The fourth-order valence-corrected chi connectivity index (χ4v) is 5.25. The molecule has 0 aliphatic carbocycles. The maximum absolute atomic E-state index is 13.8. The van der Waals surface area contributed by atoms with Crippen molar-refractivity contribution in [2.45, 2.75) is 32.6 Å². The Kier molecular flexibility index (Phi) is 10.7. The molecule has 3 rings (SSSR count). The molecule has 2 heterocycles. The van der Waals surface area contributed by atoms with Crippen molar-refractivity contribution in [1.82, 2.24) is 20.0 Å². The highest BCUT2D eigenvalue weighted by molar-refractivity contribution is 7.16. The summed E-state index contributed by atoms with van der Waals surface area (Å²) in [5.41, 5.74) is -0.250. The van der Waals surface area contributed by atoms with Crippen LogP contribution in [0.15, 0.2) is 18.2 Å². The number of carbonyl (C=O) groups is 4. The Bertz CT molecular complexity index is 1310. The zero-order valence-electron chi connectivity index (χ0n) is 23.7. The van der Waals surface area contributed by atoms with Gasteiger partial charge in [0.25, 0.3) is 5.91 Å². The molecule has 0 spiro atoms. The molecule has 1 aromatic carbocycles. The molecule has 41 heavy (non-hydrogen) atoms. The number of rotatable bonds is 8. The molecule has 1 aliphatic heterocycles. The third-order valence-electron chi connectivity index (χ3n) is 6.30. The molecular formula is C27H35ClF2N6O4S. The molecular weight excluding hydrogens is 578 g/mol. The number of hydrogen-bond donors (Lipinski definition) is 3. The Morgan fingerprint density at radius 3 is 2.46 bits per heavy atom. The largest absolute Gasteiger partial charge is 0.353 e. The van der Waals surface area contributed by atoms with Crippen LogP contribution >= 0.6 is 22.9 Å². The summed E-state index contributed by atoms with van der Waals surface area (Å²) in [5.74, 6) is -3.33. The lowest BCUT2D eigenvalue weighted by Gasteiger charge is -2.22. The van der Waals surface area contributed by atoms with E-state index in [1.54, 1.807) is 6.07 Å². The Morgan fingerprint density at radius 1 is 1.10 bits per heavy atom. The van der Waals surface area contributed by atoms with Crippen molar-refractivity contribution in [1.29, 1.82) is 0 Å². The van der Waals surface area contributed by atoms with Gasteiger partial charge in [0, 0.05) is 44.0 Å². The molecule has 2 aromatic rings. The highest BCUT2D eigenvalue weighted by atomic mass is 35.5. The topological polar surface area (TPSA) is 114 Å². The standard InChI is InChI=1S/C27H35ClF2N6O4S/c1-27(2,3)19-14-16(24(41-19)33-26(40)32-18-7-6-17(29)23(30)22(18)28)25(39)35-10-8-21(38)36(13-12-35)15-20(37)31-9-11-34(4)5/h6-7,14H,8-13,15H2,1-5H3,(H,31,37)(H2,32,33,40). The summed E-state index contributed by atoms with van der Waals surface area (Å²) in [7, 11) is 3.79. The molecule has 14 heteroatoms. The number of halogens is 3. The van der Waals surface area contributed by atoms with Gasteiger partial charge in [-0.15, -0.1) is 11.3 Å². The number of hydrogen-bond acceptors (Lipinski definition) is 6. The molecule has 0 radical (unpaired) electrons. The summed E-state index contributed by atoms with van der Waals surface area (Å²) in [5, 5.41) is 7.47. The predicted molar refractivity (Wildman–Crippen MR) is 156 cm³/mol. The van der Waals surface area contributed by atoms with E-state index in [-0.39, 0.29) is 72.0 Å². The number of likely N-dealkylation sites (N-methyl/N-ethyl adjacent to an activating group) is 1. The molecule has 1 aromatic heterocycles. The van der Waals surface area contributed by atoms with Gasteiger partial charge in [0.2, 0.25) is 11.8 Å². The predicted octanol–water partition coefficient (Wildman–Crippen LogP) is 3.97. The van der Waals surface area contributed by atoms with Crippen molar-refractivity contribution in [3.05, 3.63) is 45.3 Å². The van der Waals surface area contributed by atoms with E-state index in [1.165, 1.54) is 21.1 Å². The van der Waals surface area contributed by atoms with Crippen molar-refractivity contribution < 1.29 is 28.0 Å². The molecule has 0 unspecified atom stereocenters. The third-order valence-corrected chi connectivity index (χ3v) is 8.15. The molecule has 0 bridgehead atoms. The minimum atomic E-state index is -1.29. The summed E-state index contributed by atoms with van der Waals surface area (Å²) >= 11 is 7.04. The van der Waals surface area contributed by atoms with Crippen LogP contribution < -0.4 is 16.0 Å². The minimum absolute atomic E-state index is 0.0465. The number of anilines is 2. The quantitative estimate of drug-likeness (QED) is 0.391. The van der Waals surface area contributed by atoms with Gasteiger partial charge in [-0.2, -0.15) is 0 Å². The average molecular weight is 613 g/mol. The summed E-state index contributed by atoms with van der Waals surface area (Å²) < 4.78 is 27.3. The zero-order chi connectivity index (χ0) is 30.5. The molecule has 1 aliphatic rings. The van der Waals surface area contributed by atoms with E-state index in [0.29, 0.717) is 13.1 Å². The number of carbonyl (C=O) groups excluding carboxylic acids is 4. The van der Waals surface area contributed by atoms with E-state index < -0.39 is 22.7 Å². The molecule has 1 saturated heterocycles. The van der Waals surface area contributed by atoms with Crippen LogP contribution in [-0.4, -0.2) is 91.8 Å². The van der Waals surface area contributed by atoms with Gasteiger partial charge in [0.1, 0.15) is 10.0 Å². The molecule has 5 amide bonds. The van der Waals surface area contributed by atoms with Gasteiger partial charge in [-0.1, -0.05) is 32.4 Å². The fraction of sp³-hybridized carbons (Fsp3) is 0.481. The molecule has 0 atom stereocenters. The number of thiophene rings is 1.